The molecule has 1 aliphatic heterocycles. The second-order valence-corrected chi connectivity index (χ2v) is 5.42. The second kappa shape index (κ2) is 6.13. The standard InChI is InChI=1S/C15H20N4O2/c20-8-6-12-3-1-2-7-19(12)15(21)18-11-4-5-13-14(9-11)17-10-16-13/h4-5,9-10,12,20H,1-3,6-8H2,(H,16,17)(H,18,21). The van der Waals surface area contributed by atoms with Crippen molar-refractivity contribution in [2.45, 2.75) is 31.7 Å². The Bertz CT molecular complexity index is 623. The number of anilines is 1. The number of carbonyl (C=O) groups is 1. The van der Waals surface area contributed by atoms with E-state index < -0.39 is 0 Å². The third-order valence-corrected chi connectivity index (χ3v) is 4.02. The zero-order chi connectivity index (χ0) is 14.7. The maximum absolute atomic E-state index is 12.4. The summed E-state index contributed by atoms with van der Waals surface area (Å²) >= 11 is 0. The van der Waals surface area contributed by atoms with Crippen LogP contribution in [0.1, 0.15) is 25.7 Å². The Morgan fingerprint density at radius 3 is 3.24 bits per heavy atom. The van der Waals surface area contributed by atoms with Crippen molar-refractivity contribution in [2.24, 2.45) is 0 Å². The van der Waals surface area contributed by atoms with Crippen molar-refractivity contribution >= 4 is 22.8 Å². The number of urea groups is 1. The third-order valence-electron chi connectivity index (χ3n) is 4.02. The molecule has 1 unspecified atom stereocenters. The quantitative estimate of drug-likeness (QED) is 0.810. The first-order chi connectivity index (χ1) is 10.3. The van der Waals surface area contributed by atoms with E-state index in [1.807, 2.05) is 23.1 Å². The van der Waals surface area contributed by atoms with E-state index in [1.54, 1.807) is 6.33 Å². The molecule has 1 aliphatic rings. The Kier molecular flexibility index (Phi) is 4.06. The van der Waals surface area contributed by atoms with Crippen LogP contribution in [-0.2, 0) is 0 Å². The normalized spacial score (nSPS) is 18.9. The number of nitrogens with zero attached hydrogens (tertiary/aromatic N) is 2. The van der Waals surface area contributed by atoms with E-state index in [-0.39, 0.29) is 18.7 Å². The van der Waals surface area contributed by atoms with Gasteiger partial charge < -0.3 is 20.3 Å². The van der Waals surface area contributed by atoms with Crippen LogP contribution in [-0.4, -0.2) is 45.2 Å². The summed E-state index contributed by atoms with van der Waals surface area (Å²) in [5.41, 5.74) is 2.53. The highest BCUT2D eigenvalue weighted by molar-refractivity contribution is 5.92. The van der Waals surface area contributed by atoms with E-state index >= 15 is 0 Å². The molecule has 1 atom stereocenters. The van der Waals surface area contributed by atoms with Crippen LogP contribution in [0.2, 0.25) is 0 Å². The number of aromatic amines is 1. The zero-order valence-corrected chi connectivity index (χ0v) is 11.9. The van der Waals surface area contributed by atoms with E-state index in [0.717, 1.165) is 42.5 Å². The number of imidazole rings is 1. The fourth-order valence-electron chi connectivity index (χ4n) is 2.93. The minimum Gasteiger partial charge on any atom is -0.396 e. The van der Waals surface area contributed by atoms with E-state index in [0.29, 0.717) is 6.42 Å². The molecule has 1 aromatic heterocycles. The van der Waals surface area contributed by atoms with Crippen molar-refractivity contribution in [1.82, 2.24) is 14.9 Å². The first-order valence-electron chi connectivity index (χ1n) is 7.39. The van der Waals surface area contributed by atoms with Crippen LogP contribution in [0.3, 0.4) is 0 Å². The van der Waals surface area contributed by atoms with E-state index in [2.05, 4.69) is 15.3 Å². The fourth-order valence-corrected chi connectivity index (χ4v) is 2.93. The second-order valence-electron chi connectivity index (χ2n) is 5.42. The predicted molar refractivity (Wildman–Crippen MR) is 81.2 cm³/mol. The third kappa shape index (κ3) is 3.00. The number of nitrogens with one attached hydrogen (secondary N) is 2. The number of likely N-dealkylation sites (tertiary alicyclic amines) is 1. The van der Waals surface area contributed by atoms with Gasteiger partial charge in [-0.1, -0.05) is 0 Å². The van der Waals surface area contributed by atoms with Gasteiger partial charge in [-0.25, -0.2) is 9.78 Å². The lowest BCUT2D eigenvalue weighted by molar-refractivity contribution is 0.141. The van der Waals surface area contributed by atoms with Crippen molar-refractivity contribution in [2.75, 3.05) is 18.5 Å². The summed E-state index contributed by atoms with van der Waals surface area (Å²) in [5, 5.41) is 12.1. The minimum atomic E-state index is -0.0907. The van der Waals surface area contributed by atoms with Crippen LogP contribution in [0.5, 0.6) is 0 Å². The molecule has 21 heavy (non-hydrogen) atoms. The van der Waals surface area contributed by atoms with Gasteiger partial charge in [-0.3, -0.25) is 0 Å². The topological polar surface area (TPSA) is 81.2 Å². The first kappa shape index (κ1) is 13.9. The number of piperidine rings is 1. The maximum Gasteiger partial charge on any atom is 0.322 e. The number of fused-ring (bicyclic) bond motifs is 1. The number of aromatic nitrogens is 2. The van der Waals surface area contributed by atoms with Gasteiger partial charge in [0.05, 0.1) is 17.4 Å². The Morgan fingerprint density at radius 1 is 1.48 bits per heavy atom. The molecular formula is C15H20N4O2. The molecule has 2 amide bonds. The highest BCUT2D eigenvalue weighted by Crippen LogP contribution is 2.22. The number of aliphatic hydroxyl groups is 1. The summed E-state index contributed by atoms with van der Waals surface area (Å²) in [6, 6.07) is 5.66. The number of aliphatic hydroxyl groups excluding tert-OH is 1. The molecule has 6 nitrogen and oxygen atoms in total. The van der Waals surface area contributed by atoms with Gasteiger partial charge in [0, 0.05) is 24.9 Å². The summed E-state index contributed by atoms with van der Waals surface area (Å²) in [6.07, 6.45) is 5.39. The highest BCUT2D eigenvalue weighted by Gasteiger charge is 2.26. The Labute approximate surface area is 123 Å². The zero-order valence-electron chi connectivity index (χ0n) is 11.9. The molecule has 0 spiro atoms. The number of H-pyrrole nitrogens is 1. The van der Waals surface area contributed by atoms with Gasteiger partial charge in [0.15, 0.2) is 0 Å². The van der Waals surface area contributed by atoms with Crippen molar-refractivity contribution in [3.8, 4) is 0 Å². The molecule has 1 fully saturated rings. The number of hydrogen-bond acceptors (Lipinski definition) is 3. The van der Waals surface area contributed by atoms with Crippen molar-refractivity contribution in [3.05, 3.63) is 24.5 Å². The van der Waals surface area contributed by atoms with Gasteiger partial charge in [0.2, 0.25) is 0 Å². The number of benzene rings is 1. The predicted octanol–water partition coefficient (Wildman–Crippen LogP) is 2.33. The molecule has 0 bridgehead atoms. The van der Waals surface area contributed by atoms with Crippen LogP contribution in [0, 0.1) is 0 Å². The summed E-state index contributed by atoms with van der Waals surface area (Å²) in [7, 11) is 0. The van der Waals surface area contributed by atoms with Crippen LogP contribution in [0.15, 0.2) is 24.5 Å². The molecule has 6 heteroatoms. The van der Waals surface area contributed by atoms with Gasteiger partial charge >= 0.3 is 6.03 Å². The van der Waals surface area contributed by atoms with Gasteiger partial charge in [-0.15, -0.1) is 0 Å². The van der Waals surface area contributed by atoms with Crippen LogP contribution in [0.25, 0.3) is 11.0 Å². The molecule has 1 saturated heterocycles. The smallest absolute Gasteiger partial charge is 0.322 e. The number of rotatable bonds is 3. The molecule has 0 radical (unpaired) electrons. The Hall–Kier alpha value is -2.08. The summed E-state index contributed by atoms with van der Waals surface area (Å²) in [5.74, 6) is 0. The number of amides is 2. The Morgan fingerprint density at radius 2 is 2.38 bits per heavy atom. The average molecular weight is 288 g/mol. The Balaban J connectivity index is 1.71. The van der Waals surface area contributed by atoms with E-state index in [4.69, 9.17) is 5.11 Å². The number of hydrogen-bond donors (Lipinski definition) is 3. The monoisotopic (exact) mass is 288 g/mol. The summed E-state index contributed by atoms with van der Waals surface area (Å²) in [4.78, 5) is 21.5. The lowest BCUT2D eigenvalue weighted by atomic mass is 10.0. The van der Waals surface area contributed by atoms with Gasteiger partial charge in [0.25, 0.3) is 0 Å². The molecule has 112 valence electrons. The molecule has 3 N–H and O–H groups in total. The molecular weight excluding hydrogens is 268 g/mol. The van der Waals surface area contributed by atoms with Gasteiger partial charge in [0.1, 0.15) is 0 Å². The summed E-state index contributed by atoms with van der Waals surface area (Å²) < 4.78 is 0. The van der Waals surface area contributed by atoms with Gasteiger partial charge in [-0.2, -0.15) is 0 Å². The fraction of sp³-hybridized carbons (Fsp3) is 0.467. The van der Waals surface area contributed by atoms with E-state index in [1.165, 1.54) is 0 Å². The minimum absolute atomic E-state index is 0.0907. The molecule has 2 aromatic rings. The largest absolute Gasteiger partial charge is 0.396 e. The van der Waals surface area contributed by atoms with Crippen LogP contribution < -0.4 is 5.32 Å². The first-order valence-corrected chi connectivity index (χ1v) is 7.39. The lowest BCUT2D eigenvalue weighted by Crippen LogP contribution is -2.46. The molecule has 3 rings (SSSR count). The molecule has 0 aliphatic carbocycles. The highest BCUT2D eigenvalue weighted by atomic mass is 16.3. The number of carbonyl (C=O) groups excluding carboxylic acids is 1. The SMILES string of the molecule is O=C(Nc1ccc2nc[nH]c2c1)N1CCCCC1CCO. The van der Waals surface area contributed by atoms with Crippen LogP contribution in [0.4, 0.5) is 10.5 Å². The average Bonchev–Trinajstić information content (AvgIpc) is 2.95. The van der Waals surface area contributed by atoms with E-state index in [9.17, 15) is 4.79 Å². The van der Waals surface area contributed by atoms with Crippen molar-refractivity contribution < 1.29 is 9.90 Å². The lowest BCUT2D eigenvalue weighted by Gasteiger charge is -2.35. The van der Waals surface area contributed by atoms with Gasteiger partial charge in [-0.05, 0) is 43.9 Å². The summed E-state index contributed by atoms with van der Waals surface area (Å²) in [6.45, 7) is 0.872. The van der Waals surface area contributed by atoms with Crippen LogP contribution >= 0.6 is 0 Å². The maximum atomic E-state index is 12.4. The molecule has 2 heterocycles. The molecule has 0 saturated carbocycles. The molecule has 1 aromatic carbocycles. The van der Waals surface area contributed by atoms with Crippen molar-refractivity contribution in [3.63, 3.8) is 0 Å². The van der Waals surface area contributed by atoms with Crippen molar-refractivity contribution in [1.29, 1.82) is 0 Å².